The van der Waals surface area contributed by atoms with Crippen molar-refractivity contribution in [1.82, 2.24) is 0 Å². The molecule has 0 bridgehead atoms. The number of aliphatic hydroxyl groups excluding tert-OH is 1. The molecule has 0 aliphatic carbocycles. The van der Waals surface area contributed by atoms with Gasteiger partial charge in [-0.1, -0.05) is 18.2 Å². The number of para-hydroxylation sites is 1. The van der Waals surface area contributed by atoms with Gasteiger partial charge in [-0.15, -0.1) is 11.3 Å². The highest BCUT2D eigenvalue weighted by molar-refractivity contribution is 7.09. The minimum atomic E-state index is -0.679. The van der Waals surface area contributed by atoms with Gasteiger partial charge < -0.3 is 10.0 Å². The van der Waals surface area contributed by atoms with Crippen molar-refractivity contribution in [3.8, 4) is 0 Å². The van der Waals surface area contributed by atoms with E-state index in [0.29, 0.717) is 17.8 Å². The van der Waals surface area contributed by atoms with Crippen LogP contribution < -0.4 is 4.90 Å². The molecule has 1 aromatic carbocycles. The molecule has 0 fully saturated rings. The molecule has 2 rings (SSSR count). The van der Waals surface area contributed by atoms with Crippen molar-refractivity contribution in [3.63, 3.8) is 0 Å². The van der Waals surface area contributed by atoms with Gasteiger partial charge in [0.25, 0.3) is 0 Å². The lowest BCUT2D eigenvalue weighted by Gasteiger charge is -2.23. The van der Waals surface area contributed by atoms with Crippen LogP contribution in [-0.4, -0.2) is 12.2 Å². The van der Waals surface area contributed by atoms with Crippen LogP contribution in [0.3, 0.4) is 0 Å². The molecule has 0 saturated heterocycles. The van der Waals surface area contributed by atoms with Crippen molar-refractivity contribution in [2.24, 2.45) is 0 Å². The van der Waals surface area contributed by atoms with E-state index in [1.807, 2.05) is 29.5 Å². The number of halogens is 1. The van der Waals surface area contributed by atoms with Gasteiger partial charge in [-0.05, 0) is 24.4 Å². The standard InChI is InChI=1S/C14H16FNOS/c1-10(17)12-6-3-7-13(15)14(12)16(2)9-11-5-4-8-18-11/h3-8,10,17H,9H2,1-2H3/t10-/m0/s1. The second-order valence-electron chi connectivity index (χ2n) is 4.29. The summed E-state index contributed by atoms with van der Waals surface area (Å²) in [5.74, 6) is -0.299. The normalized spacial score (nSPS) is 12.4. The van der Waals surface area contributed by atoms with Crippen molar-refractivity contribution in [3.05, 3.63) is 52.0 Å². The molecule has 1 heterocycles. The molecule has 0 unspecified atom stereocenters. The zero-order chi connectivity index (χ0) is 13.1. The Labute approximate surface area is 110 Å². The zero-order valence-corrected chi connectivity index (χ0v) is 11.2. The molecule has 0 radical (unpaired) electrons. The molecule has 4 heteroatoms. The molecule has 0 aliphatic rings. The Kier molecular flexibility index (Phi) is 3.99. The molecule has 2 nitrogen and oxygen atoms in total. The lowest BCUT2D eigenvalue weighted by atomic mass is 10.1. The molecule has 1 atom stereocenters. The summed E-state index contributed by atoms with van der Waals surface area (Å²) < 4.78 is 13.9. The van der Waals surface area contributed by atoms with E-state index in [4.69, 9.17) is 0 Å². The maximum atomic E-state index is 13.9. The maximum absolute atomic E-state index is 13.9. The van der Waals surface area contributed by atoms with Crippen LogP contribution in [0.4, 0.5) is 10.1 Å². The predicted molar refractivity (Wildman–Crippen MR) is 73.5 cm³/mol. The summed E-state index contributed by atoms with van der Waals surface area (Å²) in [7, 11) is 1.84. The van der Waals surface area contributed by atoms with Gasteiger partial charge >= 0.3 is 0 Å². The number of anilines is 1. The first kappa shape index (κ1) is 13.1. The van der Waals surface area contributed by atoms with Crippen LogP contribution in [-0.2, 0) is 6.54 Å². The topological polar surface area (TPSA) is 23.5 Å². The number of hydrogen-bond acceptors (Lipinski definition) is 3. The first-order valence-corrected chi connectivity index (χ1v) is 6.67. The Hall–Kier alpha value is -1.39. The minimum Gasteiger partial charge on any atom is -0.389 e. The Bertz CT molecular complexity index is 511. The fraction of sp³-hybridized carbons (Fsp3) is 0.286. The lowest BCUT2D eigenvalue weighted by molar-refractivity contribution is 0.199. The van der Waals surface area contributed by atoms with Crippen LogP contribution in [0.2, 0.25) is 0 Å². The number of thiophene rings is 1. The van der Waals surface area contributed by atoms with Crippen LogP contribution >= 0.6 is 11.3 Å². The van der Waals surface area contributed by atoms with E-state index in [-0.39, 0.29) is 5.82 Å². The van der Waals surface area contributed by atoms with Crippen molar-refractivity contribution in [2.75, 3.05) is 11.9 Å². The largest absolute Gasteiger partial charge is 0.389 e. The van der Waals surface area contributed by atoms with E-state index >= 15 is 0 Å². The number of benzene rings is 1. The maximum Gasteiger partial charge on any atom is 0.146 e. The highest BCUT2D eigenvalue weighted by Crippen LogP contribution is 2.29. The summed E-state index contributed by atoms with van der Waals surface area (Å²) in [6.07, 6.45) is -0.679. The number of nitrogens with zero attached hydrogens (tertiary/aromatic N) is 1. The van der Waals surface area contributed by atoms with Crippen molar-refractivity contribution >= 4 is 17.0 Å². The van der Waals surface area contributed by atoms with Crippen LogP contribution in [0.5, 0.6) is 0 Å². The second kappa shape index (κ2) is 5.50. The molecule has 96 valence electrons. The lowest BCUT2D eigenvalue weighted by Crippen LogP contribution is -2.19. The van der Waals surface area contributed by atoms with Gasteiger partial charge in [-0.2, -0.15) is 0 Å². The Morgan fingerprint density at radius 1 is 1.33 bits per heavy atom. The smallest absolute Gasteiger partial charge is 0.146 e. The molecule has 1 aromatic heterocycles. The number of aliphatic hydroxyl groups is 1. The fourth-order valence-corrected chi connectivity index (χ4v) is 2.74. The average molecular weight is 265 g/mol. The third-order valence-corrected chi connectivity index (χ3v) is 3.68. The van der Waals surface area contributed by atoms with Gasteiger partial charge in [-0.3, -0.25) is 0 Å². The third kappa shape index (κ3) is 2.71. The summed E-state index contributed by atoms with van der Waals surface area (Å²) in [6, 6.07) is 8.80. The summed E-state index contributed by atoms with van der Waals surface area (Å²) in [5.41, 5.74) is 1.09. The molecule has 0 saturated carbocycles. The predicted octanol–water partition coefficient (Wildman–Crippen LogP) is 3.58. The van der Waals surface area contributed by atoms with Gasteiger partial charge in [0.1, 0.15) is 5.82 Å². The van der Waals surface area contributed by atoms with Gasteiger partial charge in [-0.25, -0.2) is 4.39 Å². The molecular weight excluding hydrogens is 249 g/mol. The first-order valence-electron chi connectivity index (χ1n) is 5.79. The quantitative estimate of drug-likeness (QED) is 0.913. The highest BCUT2D eigenvalue weighted by atomic mass is 32.1. The fourth-order valence-electron chi connectivity index (χ4n) is 1.99. The van der Waals surface area contributed by atoms with Gasteiger partial charge in [0, 0.05) is 17.5 Å². The summed E-state index contributed by atoms with van der Waals surface area (Å²) in [6.45, 7) is 2.29. The summed E-state index contributed by atoms with van der Waals surface area (Å²) in [4.78, 5) is 3.00. The van der Waals surface area contributed by atoms with E-state index in [1.54, 1.807) is 30.4 Å². The zero-order valence-electron chi connectivity index (χ0n) is 10.4. The van der Waals surface area contributed by atoms with Crippen LogP contribution in [0.15, 0.2) is 35.7 Å². The van der Waals surface area contributed by atoms with Gasteiger partial charge in [0.05, 0.1) is 18.3 Å². The van der Waals surface area contributed by atoms with E-state index in [9.17, 15) is 9.50 Å². The average Bonchev–Trinajstić information content (AvgIpc) is 2.81. The molecule has 0 amide bonds. The van der Waals surface area contributed by atoms with E-state index in [2.05, 4.69) is 0 Å². The van der Waals surface area contributed by atoms with Crippen molar-refractivity contribution in [1.29, 1.82) is 0 Å². The minimum absolute atomic E-state index is 0.299. The Morgan fingerprint density at radius 2 is 2.11 bits per heavy atom. The van der Waals surface area contributed by atoms with E-state index < -0.39 is 6.10 Å². The highest BCUT2D eigenvalue weighted by Gasteiger charge is 2.16. The SMILES string of the molecule is C[C@H](O)c1cccc(F)c1N(C)Cc1cccs1. The molecule has 1 N–H and O–H groups in total. The van der Waals surface area contributed by atoms with Gasteiger partial charge in [0.2, 0.25) is 0 Å². The van der Waals surface area contributed by atoms with Crippen molar-refractivity contribution in [2.45, 2.75) is 19.6 Å². The molecule has 18 heavy (non-hydrogen) atoms. The van der Waals surface area contributed by atoms with Crippen molar-refractivity contribution < 1.29 is 9.50 Å². The van der Waals surface area contributed by atoms with Gasteiger partial charge in [0.15, 0.2) is 0 Å². The molecule has 0 aliphatic heterocycles. The first-order chi connectivity index (χ1) is 8.59. The van der Waals surface area contributed by atoms with E-state index in [1.165, 1.54) is 6.07 Å². The third-order valence-electron chi connectivity index (χ3n) is 2.82. The molecule has 0 spiro atoms. The molecule has 2 aromatic rings. The van der Waals surface area contributed by atoms with Crippen LogP contribution in [0, 0.1) is 5.82 Å². The van der Waals surface area contributed by atoms with E-state index in [0.717, 1.165) is 4.88 Å². The molecular formula is C14H16FNOS. The monoisotopic (exact) mass is 265 g/mol. The summed E-state index contributed by atoms with van der Waals surface area (Å²) >= 11 is 1.64. The Morgan fingerprint density at radius 3 is 2.72 bits per heavy atom. The Balaban J connectivity index is 2.31. The number of rotatable bonds is 4. The van der Waals surface area contributed by atoms with Crippen LogP contribution in [0.1, 0.15) is 23.5 Å². The number of hydrogen-bond donors (Lipinski definition) is 1. The second-order valence-corrected chi connectivity index (χ2v) is 5.32. The van der Waals surface area contributed by atoms with Crippen LogP contribution in [0.25, 0.3) is 0 Å². The summed E-state index contributed by atoms with van der Waals surface area (Å²) in [5, 5.41) is 11.7.